The Labute approximate surface area is 226 Å². The number of nitrogens with zero attached hydrogens (tertiary/aromatic N) is 6. The molecule has 0 radical (unpaired) electrons. The zero-order valence-electron chi connectivity index (χ0n) is 20.8. The Bertz CT molecular complexity index is 1270. The lowest BCUT2D eigenvalue weighted by atomic mass is 10.2. The van der Waals surface area contributed by atoms with Crippen LogP contribution in [0.4, 0.5) is 0 Å². The molecule has 4 aromatic heterocycles. The topological polar surface area (TPSA) is 154 Å². The summed E-state index contributed by atoms with van der Waals surface area (Å²) < 4.78 is 10.2. The number of aryl methyl sites for hydroxylation is 2. The Hall–Kier alpha value is -4.04. The molecular weight excluding hydrogens is 528 g/mol. The van der Waals surface area contributed by atoms with E-state index in [-0.39, 0.29) is 24.9 Å². The summed E-state index contributed by atoms with van der Waals surface area (Å²) in [5.41, 5.74) is 1.38. The fraction of sp³-hybridized carbons (Fsp3) is 0.333. The smallest absolute Gasteiger partial charge is 0.282 e. The molecular formula is C24H26N8O4S2. The van der Waals surface area contributed by atoms with Crippen LogP contribution in [0, 0.1) is 0 Å². The summed E-state index contributed by atoms with van der Waals surface area (Å²) in [6.45, 7) is 0.537. The highest BCUT2D eigenvalue weighted by Crippen LogP contribution is 2.17. The molecule has 0 saturated carbocycles. The summed E-state index contributed by atoms with van der Waals surface area (Å²) in [7, 11) is 3.09. The molecule has 38 heavy (non-hydrogen) atoms. The highest BCUT2D eigenvalue weighted by atomic mass is 32.1. The molecule has 0 unspecified atom stereocenters. The molecule has 0 aliphatic heterocycles. The van der Waals surface area contributed by atoms with E-state index < -0.39 is 0 Å². The van der Waals surface area contributed by atoms with Gasteiger partial charge < -0.3 is 20.1 Å². The number of ether oxygens (including phenoxy) is 2. The van der Waals surface area contributed by atoms with Gasteiger partial charge >= 0.3 is 0 Å². The minimum absolute atomic E-state index is 0.269. The van der Waals surface area contributed by atoms with Crippen LogP contribution in [-0.2, 0) is 25.9 Å². The van der Waals surface area contributed by atoms with Gasteiger partial charge in [-0.3, -0.25) is 9.59 Å². The lowest BCUT2D eigenvalue weighted by Gasteiger charge is -2.04. The number of hydrogen-bond donors (Lipinski definition) is 2. The highest BCUT2D eigenvalue weighted by molar-refractivity contribution is 7.13. The van der Waals surface area contributed by atoms with Gasteiger partial charge in [0.25, 0.3) is 11.8 Å². The normalized spacial score (nSPS) is 10.7. The Morgan fingerprint density at radius 1 is 0.711 bits per heavy atom. The third-order valence-corrected chi connectivity index (χ3v) is 7.16. The largest absolute Gasteiger partial charge is 0.481 e. The first kappa shape index (κ1) is 27.0. The number of rotatable bonds is 13. The Balaban J connectivity index is 1.16. The first-order valence-electron chi connectivity index (χ1n) is 11.7. The van der Waals surface area contributed by atoms with Crippen molar-refractivity contribution in [3.63, 3.8) is 0 Å². The zero-order chi connectivity index (χ0) is 26.7. The second-order valence-electron chi connectivity index (χ2n) is 7.92. The Morgan fingerprint density at radius 2 is 1.16 bits per heavy atom. The molecule has 4 heterocycles. The molecule has 2 N–H and O–H groups in total. The van der Waals surface area contributed by atoms with Gasteiger partial charge in [0.2, 0.25) is 21.8 Å². The minimum Gasteiger partial charge on any atom is -0.481 e. The van der Waals surface area contributed by atoms with E-state index in [4.69, 9.17) is 9.47 Å². The van der Waals surface area contributed by atoms with Crippen LogP contribution in [0.2, 0.25) is 0 Å². The number of methoxy groups -OCH3 is 2. The number of pyridine rings is 2. The van der Waals surface area contributed by atoms with Crippen molar-refractivity contribution in [1.29, 1.82) is 0 Å². The van der Waals surface area contributed by atoms with Gasteiger partial charge in [0.15, 0.2) is 0 Å². The van der Waals surface area contributed by atoms with Crippen LogP contribution in [-0.4, -0.2) is 56.4 Å². The summed E-state index contributed by atoms with van der Waals surface area (Å²) in [4.78, 5) is 33.3. The molecule has 2 amide bonds. The summed E-state index contributed by atoms with van der Waals surface area (Å²) >= 11 is 2.55. The Kier molecular flexibility index (Phi) is 9.59. The lowest BCUT2D eigenvalue weighted by Crippen LogP contribution is -2.23. The van der Waals surface area contributed by atoms with Gasteiger partial charge in [0, 0.05) is 25.0 Å². The van der Waals surface area contributed by atoms with Crippen LogP contribution in [0.1, 0.15) is 53.8 Å². The van der Waals surface area contributed by atoms with E-state index in [1.54, 1.807) is 26.4 Å². The van der Waals surface area contributed by atoms with Gasteiger partial charge in [-0.25, -0.2) is 9.97 Å². The molecule has 4 aromatic rings. The molecule has 0 atom stereocenters. The summed E-state index contributed by atoms with van der Waals surface area (Å²) in [5, 5.41) is 24.1. The van der Waals surface area contributed by atoms with E-state index >= 15 is 0 Å². The van der Waals surface area contributed by atoms with Crippen LogP contribution < -0.4 is 20.1 Å². The second-order valence-corrected chi connectivity index (χ2v) is 10.0. The molecule has 0 saturated heterocycles. The maximum Gasteiger partial charge on any atom is 0.282 e. The molecule has 198 valence electrons. The van der Waals surface area contributed by atoms with Crippen LogP contribution in [0.15, 0.2) is 36.4 Å². The van der Waals surface area contributed by atoms with Gasteiger partial charge in [-0.15, -0.1) is 20.4 Å². The molecule has 0 aromatic carbocycles. The molecule has 0 bridgehead atoms. The zero-order valence-corrected chi connectivity index (χ0v) is 22.5. The number of aromatic nitrogens is 6. The number of nitrogens with one attached hydrogen (secondary N) is 2. The molecule has 0 aliphatic carbocycles. The van der Waals surface area contributed by atoms with E-state index in [1.807, 2.05) is 24.3 Å². The molecule has 12 nitrogen and oxygen atoms in total. The van der Waals surface area contributed by atoms with Crippen molar-refractivity contribution in [2.45, 2.75) is 38.8 Å². The van der Waals surface area contributed by atoms with Crippen LogP contribution >= 0.6 is 22.7 Å². The summed E-state index contributed by atoms with van der Waals surface area (Å²) in [5.74, 6) is 0.398. The minimum atomic E-state index is -0.291. The van der Waals surface area contributed by atoms with Crippen molar-refractivity contribution in [3.05, 3.63) is 67.8 Å². The van der Waals surface area contributed by atoms with Crippen molar-refractivity contribution < 1.29 is 19.1 Å². The van der Waals surface area contributed by atoms with E-state index in [9.17, 15) is 9.59 Å². The van der Waals surface area contributed by atoms with E-state index in [0.717, 1.165) is 22.9 Å². The third kappa shape index (κ3) is 7.73. The predicted molar refractivity (Wildman–Crippen MR) is 140 cm³/mol. The highest BCUT2D eigenvalue weighted by Gasteiger charge is 2.15. The van der Waals surface area contributed by atoms with Crippen LogP contribution in [0.5, 0.6) is 11.8 Å². The fourth-order valence-electron chi connectivity index (χ4n) is 3.28. The molecule has 0 fully saturated rings. The van der Waals surface area contributed by atoms with E-state index in [2.05, 4.69) is 41.0 Å². The lowest BCUT2D eigenvalue weighted by molar-refractivity contribution is 0.0941. The monoisotopic (exact) mass is 554 g/mol. The quantitative estimate of drug-likeness (QED) is 0.236. The predicted octanol–water partition coefficient (Wildman–Crippen LogP) is 2.62. The van der Waals surface area contributed by atoms with Gasteiger partial charge in [0.1, 0.15) is 10.0 Å². The average Bonchev–Trinajstić information content (AvgIpc) is 3.63. The SMILES string of the molecule is COc1cccc(CNC(=O)c2nnc(CCCCc3nnc(C(=O)NCc4cccc(OC)n4)s3)s2)n1. The molecule has 14 heteroatoms. The van der Waals surface area contributed by atoms with Gasteiger partial charge in [-0.1, -0.05) is 34.8 Å². The molecule has 4 rings (SSSR count). The van der Waals surface area contributed by atoms with Gasteiger partial charge in [-0.2, -0.15) is 0 Å². The van der Waals surface area contributed by atoms with E-state index in [0.29, 0.717) is 46.0 Å². The maximum absolute atomic E-state index is 12.4. The average molecular weight is 555 g/mol. The second kappa shape index (κ2) is 13.5. The van der Waals surface area contributed by atoms with Crippen molar-refractivity contribution in [2.75, 3.05) is 14.2 Å². The first-order valence-corrected chi connectivity index (χ1v) is 13.4. The maximum atomic E-state index is 12.4. The number of hydrogen-bond acceptors (Lipinski definition) is 12. The standard InChI is InChI=1S/C24H26N8O4S2/c1-35-17-9-5-7-15(27-17)13-25-21(33)23-31-29-19(37-23)11-3-4-12-20-30-32-24(38-20)22(34)26-14-16-8-6-10-18(28-16)36-2/h5-10H,3-4,11-14H2,1-2H3,(H,25,33)(H,26,34). The van der Waals surface area contributed by atoms with Gasteiger partial charge in [-0.05, 0) is 25.0 Å². The molecule has 0 spiro atoms. The van der Waals surface area contributed by atoms with Crippen LogP contribution in [0.25, 0.3) is 0 Å². The number of amides is 2. The first-order chi connectivity index (χ1) is 18.5. The number of unbranched alkanes of at least 4 members (excludes halogenated alkanes) is 1. The van der Waals surface area contributed by atoms with Crippen molar-refractivity contribution in [1.82, 2.24) is 41.0 Å². The van der Waals surface area contributed by atoms with Crippen molar-refractivity contribution in [2.24, 2.45) is 0 Å². The number of carbonyl (C=O) groups excluding carboxylic acids is 2. The summed E-state index contributed by atoms with van der Waals surface area (Å²) in [6, 6.07) is 10.7. The molecule has 0 aliphatic rings. The third-order valence-electron chi connectivity index (χ3n) is 5.19. The fourth-order valence-corrected chi connectivity index (χ4v) is 4.87. The number of carbonyl (C=O) groups is 2. The van der Waals surface area contributed by atoms with Crippen molar-refractivity contribution in [3.8, 4) is 11.8 Å². The van der Waals surface area contributed by atoms with Gasteiger partial charge in [0.05, 0.1) is 38.7 Å². The summed E-state index contributed by atoms with van der Waals surface area (Å²) in [6.07, 6.45) is 3.07. The Morgan fingerprint density at radius 3 is 1.58 bits per heavy atom. The van der Waals surface area contributed by atoms with Crippen molar-refractivity contribution >= 4 is 34.5 Å². The van der Waals surface area contributed by atoms with Crippen LogP contribution in [0.3, 0.4) is 0 Å². The van der Waals surface area contributed by atoms with E-state index in [1.165, 1.54) is 22.7 Å².